The highest BCUT2D eigenvalue weighted by molar-refractivity contribution is 7.89. The zero-order valence-corrected chi connectivity index (χ0v) is 14.5. The van der Waals surface area contributed by atoms with Crippen molar-refractivity contribution in [3.8, 4) is 11.4 Å². The molecule has 0 atom stereocenters. The van der Waals surface area contributed by atoms with E-state index in [-0.39, 0.29) is 4.90 Å². The molecule has 0 bridgehead atoms. The zero-order chi connectivity index (χ0) is 17.9. The maximum Gasteiger partial charge on any atom is 0.276 e. The zero-order valence-electron chi connectivity index (χ0n) is 13.7. The number of hydrogen-bond donors (Lipinski definition) is 1. The third kappa shape index (κ3) is 4.07. The molecule has 0 aliphatic heterocycles. The standard InChI is InChI=1S/C16H16N6O2S/c1-12-3-5-15(6-4-12)25(23,24)21-18-10-14-7-8-17-16(20-14)13-9-19-22(2)11-13/h3-11,21H,1-2H3/b18-10+. The molecule has 0 spiro atoms. The predicted octanol–water partition coefficient (Wildman–Crippen LogP) is 1.50. The first-order valence-electron chi connectivity index (χ1n) is 7.38. The monoisotopic (exact) mass is 356 g/mol. The van der Waals surface area contributed by atoms with Gasteiger partial charge in [0.05, 0.1) is 28.6 Å². The molecule has 3 aromatic rings. The van der Waals surface area contributed by atoms with Gasteiger partial charge in [0.15, 0.2) is 5.82 Å². The quantitative estimate of drug-likeness (QED) is 0.551. The van der Waals surface area contributed by atoms with Crippen LogP contribution in [0.1, 0.15) is 11.3 Å². The lowest BCUT2D eigenvalue weighted by Crippen LogP contribution is -2.18. The summed E-state index contributed by atoms with van der Waals surface area (Å²) in [6.45, 7) is 1.89. The van der Waals surface area contributed by atoms with Gasteiger partial charge in [-0.15, -0.1) is 0 Å². The Labute approximate surface area is 145 Å². The fourth-order valence-corrected chi connectivity index (χ4v) is 2.84. The number of benzene rings is 1. The molecule has 0 aliphatic carbocycles. The topological polar surface area (TPSA) is 102 Å². The number of nitrogens with one attached hydrogen (secondary N) is 1. The number of hydrogen-bond acceptors (Lipinski definition) is 6. The summed E-state index contributed by atoms with van der Waals surface area (Å²) in [5.41, 5.74) is 2.21. The number of aromatic nitrogens is 4. The molecule has 128 valence electrons. The summed E-state index contributed by atoms with van der Waals surface area (Å²) in [5, 5.41) is 7.85. The van der Waals surface area contributed by atoms with Crippen LogP contribution in [0.3, 0.4) is 0 Å². The van der Waals surface area contributed by atoms with Crippen LogP contribution in [0.5, 0.6) is 0 Å². The largest absolute Gasteiger partial charge is 0.276 e. The van der Waals surface area contributed by atoms with Gasteiger partial charge in [-0.25, -0.2) is 14.8 Å². The van der Waals surface area contributed by atoms with Gasteiger partial charge in [-0.3, -0.25) is 4.68 Å². The van der Waals surface area contributed by atoms with Crippen LogP contribution in [0, 0.1) is 6.92 Å². The molecule has 0 saturated heterocycles. The van der Waals surface area contributed by atoms with Crippen LogP contribution in [0.2, 0.25) is 0 Å². The number of aryl methyl sites for hydroxylation is 2. The van der Waals surface area contributed by atoms with E-state index in [0.29, 0.717) is 11.5 Å². The van der Waals surface area contributed by atoms with Crippen molar-refractivity contribution >= 4 is 16.2 Å². The average Bonchev–Trinajstić information content (AvgIpc) is 3.02. The summed E-state index contributed by atoms with van der Waals surface area (Å²) in [5.74, 6) is 0.485. The Kier molecular flexibility index (Phi) is 4.57. The molecule has 2 aromatic heterocycles. The number of rotatable bonds is 5. The molecule has 25 heavy (non-hydrogen) atoms. The fraction of sp³-hybridized carbons (Fsp3) is 0.125. The molecule has 0 radical (unpaired) electrons. The summed E-state index contributed by atoms with van der Waals surface area (Å²) >= 11 is 0. The SMILES string of the molecule is Cc1ccc(S(=O)(=O)N/N=C/c2ccnc(-c3cnn(C)c3)n2)cc1. The molecule has 0 amide bonds. The van der Waals surface area contributed by atoms with Crippen LogP contribution in [0.4, 0.5) is 0 Å². The summed E-state index contributed by atoms with van der Waals surface area (Å²) in [4.78, 5) is 10.8. The molecular weight excluding hydrogens is 340 g/mol. The Bertz CT molecular complexity index is 1010. The van der Waals surface area contributed by atoms with Crippen molar-refractivity contribution in [1.82, 2.24) is 24.6 Å². The number of hydrazone groups is 1. The van der Waals surface area contributed by atoms with Crippen molar-refractivity contribution in [2.45, 2.75) is 11.8 Å². The molecule has 8 nitrogen and oxygen atoms in total. The van der Waals surface area contributed by atoms with E-state index >= 15 is 0 Å². The van der Waals surface area contributed by atoms with Gasteiger partial charge in [-0.2, -0.15) is 18.6 Å². The molecule has 0 aliphatic rings. The van der Waals surface area contributed by atoms with Crippen LogP contribution < -0.4 is 4.83 Å². The Morgan fingerprint density at radius 1 is 1.20 bits per heavy atom. The highest BCUT2D eigenvalue weighted by Gasteiger charge is 2.11. The molecule has 0 fully saturated rings. The second kappa shape index (κ2) is 6.81. The van der Waals surface area contributed by atoms with Crippen LogP contribution in [0.25, 0.3) is 11.4 Å². The normalized spacial score (nSPS) is 11.8. The maximum atomic E-state index is 12.2. The van der Waals surface area contributed by atoms with Gasteiger partial charge in [-0.05, 0) is 25.1 Å². The van der Waals surface area contributed by atoms with E-state index in [0.717, 1.165) is 11.1 Å². The second-order valence-electron chi connectivity index (χ2n) is 5.37. The minimum atomic E-state index is -3.71. The number of sulfonamides is 1. The molecule has 2 heterocycles. The summed E-state index contributed by atoms with van der Waals surface area (Å²) in [6.07, 6.45) is 6.34. The van der Waals surface area contributed by atoms with Gasteiger partial charge in [-0.1, -0.05) is 17.7 Å². The van der Waals surface area contributed by atoms with E-state index in [1.807, 2.05) is 6.92 Å². The van der Waals surface area contributed by atoms with Crippen LogP contribution in [0.15, 0.2) is 58.9 Å². The summed E-state index contributed by atoms with van der Waals surface area (Å²) in [7, 11) is -1.91. The molecule has 9 heteroatoms. The van der Waals surface area contributed by atoms with Crippen molar-refractivity contribution in [2.24, 2.45) is 12.1 Å². The highest BCUT2D eigenvalue weighted by atomic mass is 32.2. The van der Waals surface area contributed by atoms with Gasteiger partial charge < -0.3 is 0 Å². The Hall–Kier alpha value is -3.07. The lowest BCUT2D eigenvalue weighted by molar-refractivity contribution is 0.584. The smallest absolute Gasteiger partial charge is 0.275 e. The van der Waals surface area contributed by atoms with Gasteiger partial charge in [0, 0.05) is 19.4 Å². The second-order valence-corrected chi connectivity index (χ2v) is 7.03. The van der Waals surface area contributed by atoms with Crippen molar-refractivity contribution in [2.75, 3.05) is 0 Å². The van der Waals surface area contributed by atoms with Gasteiger partial charge >= 0.3 is 0 Å². The predicted molar refractivity (Wildman–Crippen MR) is 93.3 cm³/mol. The van der Waals surface area contributed by atoms with Crippen LogP contribution in [-0.4, -0.2) is 34.4 Å². The maximum absolute atomic E-state index is 12.2. The van der Waals surface area contributed by atoms with E-state index in [2.05, 4.69) is 25.0 Å². The Balaban J connectivity index is 1.75. The minimum Gasteiger partial charge on any atom is -0.275 e. The molecule has 0 unspecified atom stereocenters. The van der Waals surface area contributed by atoms with Crippen molar-refractivity contribution < 1.29 is 8.42 Å². The van der Waals surface area contributed by atoms with Crippen molar-refractivity contribution in [3.63, 3.8) is 0 Å². The van der Waals surface area contributed by atoms with Crippen LogP contribution >= 0.6 is 0 Å². The van der Waals surface area contributed by atoms with E-state index in [1.54, 1.807) is 48.5 Å². The average molecular weight is 356 g/mol. The highest BCUT2D eigenvalue weighted by Crippen LogP contribution is 2.12. The Morgan fingerprint density at radius 2 is 1.96 bits per heavy atom. The van der Waals surface area contributed by atoms with E-state index in [1.165, 1.54) is 18.3 Å². The Morgan fingerprint density at radius 3 is 2.64 bits per heavy atom. The fourth-order valence-electron chi connectivity index (χ4n) is 2.05. The molecule has 0 saturated carbocycles. The molecule has 1 aromatic carbocycles. The summed E-state index contributed by atoms with van der Waals surface area (Å²) < 4.78 is 26.0. The number of nitrogens with zero attached hydrogens (tertiary/aromatic N) is 5. The first kappa shape index (κ1) is 16.8. The molecule has 1 N–H and O–H groups in total. The van der Waals surface area contributed by atoms with Crippen molar-refractivity contribution in [3.05, 3.63) is 60.2 Å². The minimum absolute atomic E-state index is 0.147. The lowest BCUT2D eigenvalue weighted by Gasteiger charge is -2.03. The molecule has 3 rings (SSSR count). The first-order valence-corrected chi connectivity index (χ1v) is 8.86. The van der Waals surface area contributed by atoms with Gasteiger partial charge in [0.2, 0.25) is 0 Å². The van der Waals surface area contributed by atoms with Crippen molar-refractivity contribution in [1.29, 1.82) is 0 Å². The van der Waals surface area contributed by atoms with Gasteiger partial charge in [0.25, 0.3) is 10.0 Å². The first-order chi connectivity index (χ1) is 11.9. The third-order valence-electron chi connectivity index (χ3n) is 3.34. The van der Waals surface area contributed by atoms with E-state index in [4.69, 9.17) is 0 Å². The summed E-state index contributed by atoms with van der Waals surface area (Å²) in [6, 6.07) is 8.13. The molecular formula is C16H16N6O2S. The van der Waals surface area contributed by atoms with E-state index in [9.17, 15) is 8.42 Å². The van der Waals surface area contributed by atoms with E-state index < -0.39 is 10.0 Å². The third-order valence-corrected chi connectivity index (χ3v) is 4.58. The van der Waals surface area contributed by atoms with Crippen LogP contribution in [-0.2, 0) is 17.1 Å². The van der Waals surface area contributed by atoms with Gasteiger partial charge in [0.1, 0.15) is 0 Å². The lowest BCUT2D eigenvalue weighted by atomic mass is 10.2.